The number of aryl methyl sites for hydroxylation is 1. The first-order valence-electron chi connectivity index (χ1n) is 8.90. The fourth-order valence-corrected chi connectivity index (χ4v) is 3.40. The first kappa shape index (κ1) is 19.3. The van der Waals surface area contributed by atoms with Crippen LogP contribution in [0.3, 0.4) is 0 Å². The Bertz CT molecular complexity index is 1120. The quantitative estimate of drug-likeness (QED) is 0.487. The van der Waals surface area contributed by atoms with Crippen molar-refractivity contribution in [1.82, 2.24) is 9.97 Å². The molecule has 0 amide bonds. The van der Waals surface area contributed by atoms with Crippen molar-refractivity contribution < 1.29 is 13.9 Å². The van der Waals surface area contributed by atoms with E-state index in [2.05, 4.69) is 30.9 Å². The Balaban J connectivity index is 1.87. The molecule has 0 fully saturated rings. The first-order chi connectivity index (χ1) is 14.0. The highest BCUT2D eigenvalue weighted by molar-refractivity contribution is 9.10. The zero-order valence-corrected chi connectivity index (χ0v) is 17.4. The Morgan fingerprint density at radius 2 is 2.00 bits per heavy atom. The molecule has 4 rings (SSSR count). The Morgan fingerprint density at radius 3 is 2.72 bits per heavy atom. The van der Waals surface area contributed by atoms with Crippen LogP contribution in [0.5, 0.6) is 17.4 Å². The normalized spacial score (nSPS) is 15.0. The van der Waals surface area contributed by atoms with Crippen molar-refractivity contribution in [2.24, 2.45) is 4.99 Å². The topological polar surface area (TPSA) is 56.6 Å². The number of halogens is 2. The number of hydrogen-bond acceptors (Lipinski definition) is 5. The molecule has 0 aliphatic carbocycles. The third-order valence-electron chi connectivity index (χ3n) is 4.42. The highest BCUT2D eigenvalue weighted by Gasteiger charge is 2.22. The van der Waals surface area contributed by atoms with Gasteiger partial charge in [-0.3, -0.25) is 9.98 Å². The van der Waals surface area contributed by atoms with Crippen molar-refractivity contribution in [2.75, 3.05) is 7.11 Å². The van der Waals surface area contributed by atoms with Crippen LogP contribution in [0.1, 0.15) is 17.3 Å². The average molecular weight is 454 g/mol. The number of hydrogen-bond donors (Lipinski definition) is 0. The van der Waals surface area contributed by atoms with E-state index in [0.29, 0.717) is 28.5 Å². The summed E-state index contributed by atoms with van der Waals surface area (Å²) in [5, 5.41) is 0. The molecule has 2 aromatic heterocycles. The second kappa shape index (κ2) is 8.13. The highest BCUT2D eigenvalue weighted by Crippen LogP contribution is 2.40. The molecule has 0 saturated heterocycles. The number of ether oxygens (including phenoxy) is 2. The maximum absolute atomic E-state index is 14.9. The molecule has 7 heteroatoms. The monoisotopic (exact) mass is 453 g/mol. The molecule has 0 spiro atoms. The fraction of sp³-hybridized carbons (Fsp3) is 0.136. The van der Waals surface area contributed by atoms with Gasteiger partial charge in [-0.15, -0.1) is 0 Å². The lowest BCUT2D eigenvalue weighted by molar-refractivity contribution is 0.414. The minimum absolute atomic E-state index is 0.0552. The number of nitrogens with zero attached hydrogens (tertiary/aromatic N) is 3. The van der Waals surface area contributed by atoms with Crippen LogP contribution in [0, 0.1) is 12.7 Å². The lowest BCUT2D eigenvalue weighted by Gasteiger charge is -2.17. The van der Waals surface area contributed by atoms with E-state index < -0.39 is 5.82 Å². The lowest BCUT2D eigenvalue weighted by atomic mass is 9.97. The molecule has 1 unspecified atom stereocenters. The summed E-state index contributed by atoms with van der Waals surface area (Å²) in [6, 6.07) is 9.90. The largest absolute Gasteiger partial charge is 0.494 e. The van der Waals surface area contributed by atoms with Crippen molar-refractivity contribution >= 4 is 22.1 Å². The number of aromatic nitrogens is 2. The highest BCUT2D eigenvalue weighted by atomic mass is 79.9. The van der Waals surface area contributed by atoms with Crippen molar-refractivity contribution in [3.63, 3.8) is 0 Å². The molecule has 1 aromatic carbocycles. The molecule has 1 aliphatic heterocycles. The predicted molar refractivity (Wildman–Crippen MR) is 113 cm³/mol. The maximum Gasteiger partial charge on any atom is 0.219 e. The van der Waals surface area contributed by atoms with Gasteiger partial charge in [0, 0.05) is 34.2 Å². The van der Waals surface area contributed by atoms with Gasteiger partial charge >= 0.3 is 0 Å². The molecule has 0 bridgehead atoms. The molecule has 146 valence electrons. The second-order valence-electron chi connectivity index (χ2n) is 6.42. The fourth-order valence-electron chi connectivity index (χ4n) is 3.09. The molecule has 29 heavy (non-hydrogen) atoms. The summed E-state index contributed by atoms with van der Waals surface area (Å²) >= 11 is 3.40. The number of rotatable bonds is 5. The van der Waals surface area contributed by atoms with Gasteiger partial charge < -0.3 is 9.47 Å². The molecule has 0 saturated carbocycles. The molecule has 1 atom stereocenters. The van der Waals surface area contributed by atoms with Crippen LogP contribution >= 0.6 is 15.9 Å². The molecule has 0 radical (unpaired) electrons. The third kappa shape index (κ3) is 4.05. The number of pyridine rings is 2. The van der Waals surface area contributed by atoms with Crippen molar-refractivity contribution in [2.45, 2.75) is 13.0 Å². The SMILES string of the molecule is COc1cc(Br)cnc1-c1cc(Oc2cccc(C)n2)c(F)cc1C1C=CC=N1. The van der Waals surface area contributed by atoms with E-state index in [-0.39, 0.29) is 11.8 Å². The summed E-state index contributed by atoms with van der Waals surface area (Å²) in [6.07, 6.45) is 7.09. The number of benzene rings is 1. The summed E-state index contributed by atoms with van der Waals surface area (Å²) in [4.78, 5) is 13.2. The molecule has 5 nitrogen and oxygen atoms in total. The van der Waals surface area contributed by atoms with Crippen LogP contribution in [0.25, 0.3) is 11.3 Å². The van der Waals surface area contributed by atoms with Crippen LogP contribution in [0.2, 0.25) is 0 Å². The van der Waals surface area contributed by atoms with Crippen LogP contribution in [-0.4, -0.2) is 23.3 Å². The smallest absolute Gasteiger partial charge is 0.219 e. The number of allylic oxidation sites excluding steroid dienone is 1. The van der Waals surface area contributed by atoms with E-state index in [4.69, 9.17) is 9.47 Å². The number of aliphatic imine (C=N–C) groups is 1. The summed E-state index contributed by atoms with van der Waals surface area (Å²) in [6.45, 7) is 1.85. The van der Waals surface area contributed by atoms with E-state index in [9.17, 15) is 4.39 Å². The Labute approximate surface area is 176 Å². The number of methoxy groups -OCH3 is 1. The molecule has 3 heterocycles. The van der Waals surface area contributed by atoms with Gasteiger partial charge in [0.1, 0.15) is 11.4 Å². The zero-order chi connectivity index (χ0) is 20.4. The third-order valence-corrected chi connectivity index (χ3v) is 4.85. The summed E-state index contributed by atoms with van der Waals surface area (Å²) in [7, 11) is 1.57. The maximum atomic E-state index is 14.9. The van der Waals surface area contributed by atoms with E-state index in [1.807, 2.05) is 37.3 Å². The molecule has 1 aliphatic rings. The summed E-state index contributed by atoms with van der Waals surface area (Å²) in [5.74, 6) is 0.424. The Kier molecular flexibility index (Phi) is 5.40. The van der Waals surface area contributed by atoms with Gasteiger partial charge in [0.25, 0.3) is 0 Å². The van der Waals surface area contributed by atoms with Gasteiger partial charge in [0.05, 0.1) is 13.2 Å². The van der Waals surface area contributed by atoms with Gasteiger partial charge in [0.2, 0.25) is 5.88 Å². The van der Waals surface area contributed by atoms with Gasteiger partial charge in [-0.2, -0.15) is 0 Å². The van der Waals surface area contributed by atoms with Crippen LogP contribution < -0.4 is 9.47 Å². The first-order valence-corrected chi connectivity index (χ1v) is 9.69. The van der Waals surface area contributed by atoms with Crippen molar-refractivity contribution in [1.29, 1.82) is 0 Å². The van der Waals surface area contributed by atoms with Crippen molar-refractivity contribution in [3.05, 3.63) is 76.3 Å². The Morgan fingerprint density at radius 1 is 1.14 bits per heavy atom. The van der Waals surface area contributed by atoms with Crippen molar-refractivity contribution in [3.8, 4) is 28.6 Å². The minimum atomic E-state index is -0.501. The van der Waals surface area contributed by atoms with Gasteiger partial charge in [-0.1, -0.05) is 12.1 Å². The van der Waals surface area contributed by atoms with Crippen LogP contribution in [0.15, 0.2) is 64.2 Å². The molecular weight excluding hydrogens is 437 g/mol. The van der Waals surface area contributed by atoms with Crippen LogP contribution in [0.4, 0.5) is 4.39 Å². The minimum Gasteiger partial charge on any atom is -0.494 e. The van der Waals surface area contributed by atoms with Gasteiger partial charge in [-0.05, 0) is 58.8 Å². The molecule has 3 aromatic rings. The van der Waals surface area contributed by atoms with Crippen LogP contribution in [-0.2, 0) is 0 Å². The van der Waals surface area contributed by atoms with Gasteiger partial charge in [0.15, 0.2) is 11.6 Å². The summed E-state index contributed by atoms with van der Waals surface area (Å²) in [5.41, 5.74) is 2.70. The van der Waals surface area contributed by atoms with E-state index >= 15 is 0 Å². The van der Waals surface area contributed by atoms with E-state index in [0.717, 1.165) is 10.2 Å². The average Bonchev–Trinajstić information content (AvgIpc) is 3.24. The van der Waals surface area contributed by atoms with Gasteiger partial charge in [-0.25, -0.2) is 9.37 Å². The molecular formula is C22H17BrFN3O2. The zero-order valence-electron chi connectivity index (χ0n) is 15.8. The van der Waals surface area contributed by atoms with E-state index in [1.165, 1.54) is 6.07 Å². The Hall–Kier alpha value is -3.06. The predicted octanol–water partition coefficient (Wildman–Crippen LogP) is 5.84. The van der Waals surface area contributed by atoms with E-state index in [1.54, 1.807) is 31.7 Å². The lowest BCUT2D eigenvalue weighted by Crippen LogP contribution is -2.01. The summed E-state index contributed by atoms with van der Waals surface area (Å²) < 4.78 is 27.0. The standard InChI is InChI=1S/C22H17BrFN3O2/c1-13-5-3-7-21(27-13)29-19-11-16(22-20(28-2)9-14(23)12-26-22)15(10-17(19)24)18-6-4-8-25-18/h3-12,18H,1-2H3. The second-order valence-corrected chi connectivity index (χ2v) is 7.34. The molecule has 0 N–H and O–H groups in total.